The fraction of sp³-hybridized carbons (Fsp3) is 0.650. The Balaban J connectivity index is 1.97. The third-order valence-corrected chi connectivity index (χ3v) is 5.63. The van der Waals surface area contributed by atoms with Gasteiger partial charge in [0.05, 0.1) is 13.2 Å². The molecule has 2 saturated carbocycles. The lowest BCUT2D eigenvalue weighted by molar-refractivity contribution is -0.134. The van der Waals surface area contributed by atoms with Crippen molar-refractivity contribution in [3.05, 3.63) is 22.5 Å². The summed E-state index contributed by atoms with van der Waals surface area (Å²) < 4.78 is 6.73. The van der Waals surface area contributed by atoms with Gasteiger partial charge in [-0.15, -0.1) is 0 Å². The Morgan fingerprint density at radius 3 is 2.27 bits per heavy atom. The molecule has 6 nitrogen and oxygen atoms in total. The summed E-state index contributed by atoms with van der Waals surface area (Å²) in [5.74, 6) is -0.309. The van der Waals surface area contributed by atoms with Gasteiger partial charge in [-0.25, -0.2) is 4.79 Å². The van der Waals surface area contributed by atoms with E-state index in [4.69, 9.17) is 4.74 Å². The first-order chi connectivity index (χ1) is 12.3. The van der Waals surface area contributed by atoms with Crippen LogP contribution in [-0.2, 0) is 16.1 Å². The molecule has 2 fully saturated rings. The minimum absolute atomic E-state index is 0.0850. The quantitative estimate of drug-likeness (QED) is 0.554. The second-order valence-electron chi connectivity index (χ2n) is 7.46. The minimum atomic E-state index is -0.508. The summed E-state index contributed by atoms with van der Waals surface area (Å²) in [7, 11) is 1.34. The molecule has 142 valence electrons. The van der Waals surface area contributed by atoms with Crippen molar-refractivity contribution in [2.24, 2.45) is 5.92 Å². The molecule has 3 rings (SSSR count). The summed E-state index contributed by atoms with van der Waals surface area (Å²) in [6, 6.07) is -0.317. The molecule has 1 aromatic rings. The number of ketones is 1. The highest BCUT2D eigenvalue weighted by Crippen LogP contribution is 2.38. The molecular formula is C20H28N2O4. The van der Waals surface area contributed by atoms with Crippen molar-refractivity contribution >= 4 is 17.7 Å². The standard InChI is InChI=1S/C20H28N2O4/c1-6-21-12(3)16(11(2)17(21)20(25)26-5)18(23)13(4)22(15-9-10-15)19(24)14-7-8-14/h13-15H,6-10H2,1-5H3/t13-/m0/s1. The van der Waals surface area contributed by atoms with Crippen molar-refractivity contribution in [2.45, 2.75) is 72.0 Å². The van der Waals surface area contributed by atoms with E-state index in [9.17, 15) is 14.4 Å². The predicted molar refractivity (Wildman–Crippen MR) is 97.3 cm³/mol. The Bertz CT molecular complexity index is 756. The Morgan fingerprint density at radius 2 is 1.81 bits per heavy atom. The molecule has 0 radical (unpaired) electrons. The number of nitrogens with zero attached hydrogens (tertiary/aromatic N) is 2. The van der Waals surface area contributed by atoms with Crippen molar-refractivity contribution in [3.63, 3.8) is 0 Å². The van der Waals surface area contributed by atoms with Crippen LogP contribution in [0.5, 0.6) is 0 Å². The van der Waals surface area contributed by atoms with E-state index in [2.05, 4.69) is 0 Å². The van der Waals surface area contributed by atoms with Crippen molar-refractivity contribution in [1.29, 1.82) is 0 Å². The Hall–Kier alpha value is -2.11. The van der Waals surface area contributed by atoms with Gasteiger partial charge in [0.1, 0.15) is 5.69 Å². The summed E-state index contributed by atoms with van der Waals surface area (Å²) in [5.41, 5.74) is 2.38. The van der Waals surface area contributed by atoms with Crippen LogP contribution in [0.3, 0.4) is 0 Å². The zero-order valence-corrected chi connectivity index (χ0v) is 16.3. The fourth-order valence-electron chi connectivity index (χ4n) is 3.93. The third-order valence-electron chi connectivity index (χ3n) is 5.63. The van der Waals surface area contributed by atoms with E-state index in [1.165, 1.54) is 7.11 Å². The van der Waals surface area contributed by atoms with Crippen LogP contribution in [-0.4, -0.2) is 46.3 Å². The molecule has 0 spiro atoms. The van der Waals surface area contributed by atoms with Gasteiger partial charge in [0.2, 0.25) is 5.91 Å². The normalized spacial score (nSPS) is 17.7. The maximum Gasteiger partial charge on any atom is 0.354 e. The van der Waals surface area contributed by atoms with Crippen molar-refractivity contribution in [2.75, 3.05) is 7.11 Å². The van der Waals surface area contributed by atoms with Crippen molar-refractivity contribution in [3.8, 4) is 0 Å². The number of ether oxygens (including phenoxy) is 1. The fourth-order valence-corrected chi connectivity index (χ4v) is 3.93. The SMILES string of the molecule is CCn1c(C)c(C(=O)[C@H](C)N(C(=O)C2CC2)C2CC2)c(C)c1C(=O)OC. The number of methoxy groups -OCH3 is 1. The average molecular weight is 360 g/mol. The molecule has 1 amide bonds. The Labute approximate surface area is 154 Å². The number of carbonyl (C=O) groups excluding carboxylic acids is 3. The molecule has 0 bridgehead atoms. The molecule has 2 aliphatic carbocycles. The van der Waals surface area contributed by atoms with E-state index < -0.39 is 12.0 Å². The highest BCUT2D eigenvalue weighted by Gasteiger charge is 2.44. The van der Waals surface area contributed by atoms with Gasteiger partial charge in [-0.1, -0.05) is 0 Å². The summed E-state index contributed by atoms with van der Waals surface area (Å²) in [6.07, 6.45) is 3.80. The topological polar surface area (TPSA) is 68.6 Å². The van der Waals surface area contributed by atoms with Crippen LogP contribution in [0.4, 0.5) is 0 Å². The minimum Gasteiger partial charge on any atom is -0.464 e. The highest BCUT2D eigenvalue weighted by atomic mass is 16.5. The molecule has 26 heavy (non-hydrogen) atoms. The number of amides is 1. The second kappa shape index (κ2) is 6.89. The number of esters is 1. The summed E-state index contributed by atoms with van der Waals surface area (Å²) in [5, 5.41) is 0. The van der Waals surface area contributed by atoms with Gasteiger partial charge in [0.15, 0.2) is 5.78 Å². The zero-order valence-electron chi connectivity index (χ0n) is 16.3. The van der Waals surface area contributed by atoms with Crippen molar-refractivity contribution < 1.29 is 19.1 Å². The summed E-state index contributed by atoms with van der Waals surface area (Å²) in [4.78, 5) is 40.1. The van der Waals surface area contributed by atoms with E-state index in [0.717, 1.165) is 31.4 Å². The van der Waals surface area contributed by atoms with Crippen LogP contribution in [0.15, 0.2) is 0 Å². The van der Waals surface area contributed by atoms with Gasteiger partial charge < -0.3 is 14.2 Å². The molecule has 0 saturated heterocycles. The van der Waals surface area contributed by atoms with Crippen LogP contribution in [0, 0.1) is 19.8 Å². The first-order valence-electron chi connectivity index (χ1n) is 9.47. The average Bonchev–Trinajstić information content (AvgIpc) is 3.51. The molecular weight excluding hydrogens is 332 g/mol. The predicted octanol–water partition coefficient (Wildman–Crippen LogP) is 2.88. The maximum atomic E-state index is 13.3. The molecule has 2 aliphatic rings. The molecule has 0 aliphatic heterocycles. The molecule has 6 heteroatoms. The Morgan fingerprint density at radius 1 is 1.19 bits per heavy atom. The zero-order chi connectivity index (χ0) is 19.2. The largest absolute Gasteiger partial charge is 0.464 e. The van der Waals surface area contributed by atoms with Gasteiger partial charge in [-0.3, -0.25) is 9.59 Å². The third kappa shape index (κ3) is 3.06. The molecule has 1 heterocycles. The first-order valence-corrected chi connectivity index (χ1v) is 9.47. The van der Waals surface area contributed by atoms with E-state index in [0.29, 0.717) is 23.4 Å². The number of Topliss-reactive ketones (excluding diaryl/α,β-unsaturated/α-hetero) is 1. The van der Waals surface area contributed by atoms with Gasteiger partial charge in [-0.2, -0.15) is 0 Å². The second-order valence-corrected chi connectivity index (χ2v) is 7.46. The Kier molecular flexibility index (Phi) is 4.95. The smallest absolute Gasteiger partial charge is 0.354 e. The lowest BCUT2D eigenvalue weighted by Crippen LogP contribution is -2.45. The lowest BCUT2D eigenvalue weighted by atomic mass is 9.99. The summed E-state index contributed by atoms with van der Waals surface area (Å²) in [6.45, 7) is 7.97. The number of hydrogen-bond acceptors (Lipinski definition) is 4. The van der Waals surface area contributed by atoms with E-state index in [1.54, 1.807) is 11.8 Å². The first kappa shape index (κ1) is 18.7. The van der Waals surface area contributed by atoms with E-state index in [-0.39, 0.29) is 23.7 Å². The number of aromatic nitrogens is 1. The van der Waals surface area contributed by atoms with E-state index in [1.807, 2.05) is 25.3 Å². The van der Waals surface area contributed by atoms with Crippen LogP contribution in [0.2, 0.25) is 0 Å². The molecule has 0 N–H and O–H groups in total. The molecule has 0 aromatic carbocycles. The van der Waals surface area contributed by atoms with Gasteiger partial charge in [-0.05, 0) is 58.9 Å². The van der Waals surface area contributed by atoms with Crippen LogP contribution in [0.1, 0.15) is 71.6 Å². The molecule has 1 aromatic heterocycles. The van der Waals surface area contributed by atoms with Gasteiger partial charge in [0.25, 0.3) is 0 Å². The molecule has 0 unspecified atom stereocenters. The highest BCUT2D eigenvalue weighted by molar-refractivity contribution is 6.06. The number of carbonyl (C=O) groups is 3. The summed E-state index contributed by atoms with van der Waals surface area (Å²) >= 11 is 0. The lowest BCUT2D eigenvalue weighted by Gasteiger charge is -2.29. The number of rotatable bonds is 7. The molecule has 1 atom stereocenters. The van der Waals surface area contributed by atoms with E-state index >= 15 is 0 Å². The monoisotopic (exact) mass is 360 g/mol. The van der Waals surface area contributed by atoms with Gasteiger partial charge >= 0.3 is 5.97 Å². The van der Waals surface area contributed by atoms with Crippen LogP contribution < -0.4 is 0 Å². The van der Waals surface area contributed by atoms with Gasteiger partial charge in [0, 0.05) is 29.8 Å². The van der Waals surface area contributed by atoms with Crippen LogP contribution >= 0.6 is 0 Å². The maximum absolute atomic E-state index is 13.3. The van der Waals surface area contributed by atoms with Crippen LogP contribution in [0.25, 0.3) is 0 Å². The van der Waals surface area contributed by atoms with Crippen molar-refractivity contribution in [1.82, 2.24) is 9.47 Å². The number of hydrogen-bond donors (Lipinski definition) is 0.